The number of carboxylic acids is 1. The minimum absolute atomic E-state index is 0.546. The lowest BCUT2D eigenvalue weighted by Gasteiger charge is -2.25. The van der Waals surface area contributed by atoms with Crippen LogP contribution < -0.4 is 4.90 Å². The molecule has 1 N–H and O–H groups in total. The van der Waals surface area contributed by atoms with Crippen molar-refractivity contribution in [3.05, 3.63) is 24.4 Å². The molecule has 0 saturated heterocycles. The van der Waals surface area contributed by atoms with Gasteiger partial charge in [0.1, 0.15) is 11.9 Å². The van der Waals surface area contributed by atoms with E-state index in [1.54, 1.807) is 18.0 Å². The van der Waals surface area contributed by atoms with E-state index < -0.39 is 12.0 Å². The van der Waals surface area contributed by atoms with Crippen molar-refractivity contribution < 1.29 is 9.90 Å². The fraction of sp³-hybridized carbons (Fsp3) is 0.400. The summed E-state index contributed by atoms with van der Waals surface area (Å²) >= 11 is 0. The summed E-state index contributed by atoms with van der Waals surface area (Å²) in [6.45, 7) is 4.19. The lowest BCUT2D eigenvalue weighted by atomic mass is 10.2. The zero-order chi connectivity index (χ0) is 10.6. The molecule has 1 rings (SSSR count). The van der Waals surface area contributed by atoms with E-state index in [0.29, 0.717) is 12.4 Å². The molecule has 0 fully saturated rings. The Hall–Kier alpha value is -1.58. The SMILES string of the molecule is CCN(c1ccccn1)C(C)C(=O)O. The number of likely N-dealkylation sites (N-methyl/N-ethyl adjacent to an activating group) is 1. The number of carbonyl (C=O) groups is 1. The third-order valence-corrected chi connectivity index (χ3v) is 2.11. The number of nitrogens with zero attached hydrogens (tertiary/aromatic N) is 2. The molecule has 1 heterocycles. The summed E-state index contributed by atoms with van der Waals surface area (Å²) in [5.41, 5.74) is 0. The molecule has 0 aliphatic rings. The number of carboxylic acid groups (broad SMARTS) is 1. The minimum atomic E-state index is -0.836. The Morgan fingerprint density at radius 3 is 2.79 bits per heavy atom. The number of hydrogen-bond acceptors (Lipinski definition) is 3. The van der Waals surface area contributed by atoms with Crippen LogP contribution in [0.25, 0.3) is 0 Å². The average molecular weight is 194 g/mol. The maximum atomic E-state index is 10.8. The van der Waals surface area contributed by atoms with E-state index in [-0.39, 0.29) is 0 Å². The summed E-state index contributed by atoms with van der Waals surface area (Å²) in [5, 5.41) is 8.88. The summed E-state index contributed by atoms with van der Waals surface area (Å²) < 4.78 is 0. The fourth-order valence-corrected chi connectivity index (χ4v) is 1.29. The van der Waals surface area contributed by atoms with Crippen molar-refractivity contribution in [3.63, 3.8) is 0 Å². The number of rotatable bonds is 4. The van der Waals surface area contributed by atoms with E-state index in [1.807, 2.05) is 25.1 Å². The summed E-state index contributed by atoms with van der Waals surface area (Å²) in [7, 11) is 0. The van der Waals surface area contributed by atoms with Gasteiger partial charge in [-0.3, -0.25) is 0 Å². The Kier molecular flexibility index (Phi) is 3.45. The summed E-state index contributed by atoms with van der Waals surface area (Å²) in [6.07, 6.45) is 1.66. The second-order valence-corrected chi connectivity index (χ2v) is 2.99. The van der Waals surface area contributed by atoms with Gasteiger partial charge < -0.3 is 10.0 Å². The standard InChI is InChI=1S/C10H14N2O2/c1-3-12(8(2)10(13)14)9-6-4-5-7-11-9/h4-8H,3H2,1-2H3,(H,13,14). The first kappa shape index (κ1) is 10.5. The van der Waals surface area contributed by atoms with Gasteiger partial charge >= 0.3 is 5.97 Å². The van der Waals surface area contributed by atoms with Crippen LogP contribution in [-0.2, 0) is 4.79 Å². The normalized spacial score (nSPS) is 12.1. The monoisotopic (exact) mass is 194 g/mol. The van der Waals surface area contributed by atoms with Gasteiger partial charge in [0.2, 0.25) is 0 Å². The van der Waals surface area contributed by atoms with Crippen LogP contribution in [0.4, 0.5) is 5.82 Å². The first-order chi connectivity index (χ1) is 6.66. The quantitative estimate of drug-likeness (QED) is 0.786. The van der Waals surface area contributed by atoms with E-state index >= 15 is 0 Å². The molecule has 0 amide bonds. The summed E-state index contributed by atoms with van der Waals surface area (Å²) in [4.78, 5) is 16.7. The van der Waals surface area contributed by atoms with E-state index in [4.69, 9.17) is 5.11 Å². The van der Waals surface area contributed by atoms with Crippen LogP contribution in [0.5, 0.6) is 0 Å². The maximum absolute atomic E-state index is 10.8. The highest BCUT2D eigenvalue weighted by Gasteiger charge is 2.19. The van der Waals surface area contributed by atoms with Gasteiger partial charge in [-0.25, -0.2) is 9.78 Å². The maximum Gasteiger partial charge on any atom is 0.326 e. The van der Waals surface area contributed by atoms with Crippen molar-refractivity contribution in [1.29, 1.82) is 0 Å². The van der Waals surface area contributed by atoms with E-state index in [9.17, 15) is 4.79 Å². The zero-order valence-electron chi connectivity index (χ0n) is 8.34. The second-order valence-electron chi connectivity index (χ2n) is 2.99. The number of pyridine rings is 1. The van der Waals surface area contributed by atoms with Crippen molar-refractivity contribution in [2.45, 2.75) is 19.9 Å². The Morgan fingerprint density at radius 1 is 1.64 bits per heavy atom. The molecule has 4 nitrogen and oxygen atoms in total. The van der Waals surface area contributed by atoms with Gasteiger partial charge in [-0.15, -0.1) is 0 Å². The van der Waals surface area contributed by atoms with Gasteiger partial charge in [0, 0.05) is 12.7 Å². The van der Waals surface area contributed by atoms with Crippen molar-refractivity contribution in [2.75, 3.05) is 11.4 Å². The molecule has 14 heavy (non-hydrogen) atoms. The molecule has 0 spiro atoms. The Labute approximate surface area is 83.2 Å². The predicted octanol–water partition coefficient (Wildman–Crippen LogP) is 1.38. The molecule has 0 saturated carbocycles. The molecular weight excluding hydrogens is 180 g/mol. The molecule has 0 radical (unpaired) electrons. The van der Waals surface area contributed by atoms with Crippen molar-refractivity contribution in [2.24, 2.45) is 0 Å². The number of aliphatic carboxylic acids is 1. The molecule has 1 aromatic rings. The average Bonchev–Trinajstić information content (AvgIpc) is 2.20. The third-order valence-electron chi connectivity index (χ3n) is 2.11. The molecule has 1 unspecified atom stereocenters. The lowest BCUT2D eigenvalue weighted by molar-refractivity contribution is -0.138. The lowest BCUT2D eigenvalue weighted by Crippen LogP contribution is -2.39. The van der Waals surface area contributed by atoms with Crippen LogP contribution >= 0.6 is 0 Å². The van der Waals surface area contributed by atoms with E-state index in [1.165, 1.54) is 0 Å². The zero-order valence-corrected chi connectivity index (χ0v) is 8.34. The smallest absolute Gasteiger partial charge is 0.326 e. The largest absolute Gasteiger partial charge is 0.480 e. The molecule has 0 aliphatic heterocycles. The van der Waals surface area contributed by atoms with Crippen LogP contribution in [0.1, 0.15) is 13.8 Å². The van der Waals surface area contributed by atoms with Crippen LogP contribution in [-0.4, -0.2) is 28.6 Å². The molecule has 76 valence electrons. The number of anilines is 1. The molecular formula is C10H14N2O2. The van der Waals surface area contributed by atoms with Gasteiger partial charge in [0.15, 0.2) is 0 Å². The Bertz CT molecular complexity index is 300. The van der Waals surface area contributed by atoms with E-state index in [2.05, 4.69) is 4.98 Å². The minimum Gasteiger partial charge on any atom is -0.480 e. The van der Waals surface area contributed by atoms with Gasteiger partial charge in [-0.1, -0.05) is 6.07 Å². The van der Waals surface area contributed by atoms with Gasteiger partial charge in [0.05, 0.1) is 0 Å². The van der Waals surface area contributed by atoms with Crippen LogP contribution in [0.3, 0.4) is 0 Å². The highest BCUT2D eigenvalue weighted by molar-refractivity contribution is 5.77. The molecule has 0 bridgehead atoms. The van der Waals surface area contributed by atoms with Crippen molar-refractivity contribution >= 4 is 11.8 Å². The summed E-state index contributed by atoms with van der Waals surface area (Å²) in [6, 6.07) is 4.92. The number of hydrogen-bond donors (Lipinski definition) is 1. The van der Waals surface area contributed by atoms with Crippen LogP contribution in [0.2, 0.25) is 0 Å². The van der Waals surface area contributed by atoms with Crippen molar-refractivity contribution in [3.8, 4) is 0 Å². The second kappa shape index (κ2) is 4.60. The summed E-state index contributed by atoms with van der Waals surface area (Å²) in [5.74, 6) is -0.137. The first-order valence-electron chi connectivity index (χ1n) is 4.57. The van der Waals surface area contributed by atoms with Crippen LogP contribution in [0, 0.1) is 0 Å². The third kappa shape index (κ3) is 2.22. The molecule has 0 aliphatic carbocycles. The first-order valence-corrected chi connectivity index (χ1v) is 4.57. The topological polar surface area (TPSA) is 53.4 Å². The van der Waals surface area contributed by atoms with Crippen molar-refractivity contribution in [1.82, 2.24) is 4.98 Å². The highest BCUT2D eigenvalue weighted by Crippen LogP contribution is 2.12. The molecule has 0 aromatic carbocycles. The Morgan fingerprint density at radius 2 is 2.36 bits per heavy atom. The Balaban J connectivity index is 2.87. The van der Waals surface area contributed by atoms with Gasteiger partial charge in [-0.05, 0) is 26.0 Å². The fourth-order valence-electron chi connectivity index (χ4n) is 1.29. The van der Waals surface area contributed by atoms with Crippen LogP contribution in [0.15, 0.2) is 24.4 Å². The molecule has 1 atom stereocenters. The highest BCUT2D eigenvalue weighted by atomic mass is 16.4. The van der Waals surface area contributed by atoms with Gasteiger partial charge in [0.25, 0.3) is 0 Å². The predicted molar refractivity (Wildman–Crippen MR) is 54.4 cm³/mol. The molecule has 1 aromatic heterocycles. The molecule has 4 heteroatoms. The number of aromatic nitrogens is 1. The van der Waals surface area contributed by atoms with Gasteiger partial charge in [-0.2, -0.15) is 0 Å². The van der Waals surface area contributed by atoms with E-state index in [0.717, 1.165) is 0 Å².